The maximum absolute atomic E-state index is 13.8. The number of amides is 1. The standard InChI is InChI=1S/C13H17FN2O/c1-15-7-6-9-8-12(17)16(2)13-10(9)4-3-5-11(13)14/h3-5,9,15H,6-8H2,1-2H3. The van der Waals surface area contributed by atoms with Crippen molar-refractivity contribution in [1.29, 1.82) is 0 Å². The molecule has 0 saturated heterocycles. The zero-order valence-corrected chi connectivity index (χ0v) is 10.2. The molecule has 92 valence electrons. The number of hydrogen-bond donors (Lipinski definition) is 1. The zero-order valence-electron chi connectivity index (χ0n) is 10.2. The van der Waals surface area contributed by atoms with Gasteiger partial charge in [0.25, 0.3) is 0 Å². The number of anilines is 1. The van der Waals surface area contributed by atoms with Gasteiger partial charge in [-0.25, -0.2) is 4.39 Å². The average molecular weight is 236 g/mol. The third kappa shape index (κ3) is 2.17. The van der Waals surface area contributed by atoms with Crippen LogP contribution in [0.2, 0.25) is 0 Å². The molecule has 1 amide bonds. The van der Waals surface area contributed by atoms with Gasteiger partial charge >= 0.3 is 0 Å². The first-order chi connectivity index (χ1) is 8.15. The molecule has 0 radical (unpaired) electrons. The molecule has 0 saturated carbocycles. The maximum Gasteiger partial charge on any atom is 0.227 e. The van der Waals surface area contributed by atoms with Gasteiger partial charge in [0.1, 0.15) is 5.82 Å². The molecular weight excluding hydrogens is 219 g/mol. The summed E-state index contributed by atoms with van der Waals surface area (Å²) >= 11 is 0. The van der Waals surface area contributed by atoms with Crippen LogP contribution in [0.25, 0.3) is 0 Å². The minimum absolute atomic E-state index is 0.0105. The lowest BCUT2D eigenvalue weighted by Gasteiger charge is -2.31. The summed E-state index contributed by atoms with van der Waals surface area (Å²) in [6.07, 6.45) is 1.32. The van der Waals surface area contributed by atoms with Crippen LogP contribution in [-0.4, -0.2) is 26.5 Å². The van der Waals surface area contributed by atoms with Crippen molar-refractivity contribution in [3.8, 4) is 0 Å². The molecule has 3 nitrogen and oxygen atoms in total. The molecule has 17 heavy (non-hydrogen) atoms. The fourth-order valence-corrected chi connectivity index (χ4v) is 2.37. The normalized spacial score (nSPS) is 19.4. The van der Waals surface area contributed by atoms with Gasteiger partial charge in [0.2, 0.25) is 5.91 Å². The second-order valence-electron chi connectivity index (χ2n) is 4.42. The topological polar surface area (TPSA) is 32.3 Å². The highest BCUT2D eigenvalue weighted by atomic mass is 19.1. The number of carbonyl (C=O) groups excluding carboxylic acids is 1. The van der Waals surface area contributed by atoms with E-state index in [1.54, 1.807) is 13.1 Å². The molecular formula is C13H17FN2O. The van der Waals surface area contributed by atoms with Gasteiger partial charge in [-0.15, -0.1) is 0 Å². The maximum atomic E-state index is 13.8. The molecule has 1 aliphatic rings. The molecule has 1 atom stereocenters. The van der Waals surface area contributed by atoms with Crippen molar-refractivity contribution in [1.82, 2.24) is 5.32 Å². The van der Waals surface area contributed by atoms with Crippen LogP contribution in [0, 0.1) is 5.82 Å². The molecule has 0 aromatic heterocycles. The van der Waals surface area contributed by atoms with Crippen molar-refractivity contribution in [2.24, 2.45) is 0 Å². The van der Waals surface area contributed by atoms with E-state index in [2.05, 4.69) is 5.32 Å². The van der Waals surface area contributed by atoms with Crippen LogP contribution in [0.4, 0.5) is 10.1 Å². The number of halogens is 1. The fourth-order valence-electron chi connectivity index (χ4n) is 2.37. The molecule has 1 aromatic carbocycles. The van der Waals surface area contributed by atoms with E-state index in [-0.39, 0.29) is 17.6 Å². The highest BCUT2D eigenvalue weighted by Crippen LogP contribution is 2.38. The van der Waals surface area contributed by atoms with Gasteiger partial charge in [-0.1, -0.05) is 12.1 Å². The Balaban J connectivity index is 2.38. The molecule has 1 unspecified atom stereocenters. The van der Waals surface area contributed by atoms with Gasteiger partial charge in [-0.2, -0.15) is 0 Å². The first kappa shape index (κ1) is 12.0. The fraction of sp³-hybridized carbons (Fsp3) is 0.462. The van der Waals surface area contributed by atoms with Crippen LogP contribution >= 0.6 is 0 Å². The van der Waals surface area contributed by atoms with Gasteiger partial charge in [-0.3, -0.25) is 4.79 Å². The van der Waals surface area contributed by atoms with Crippen molar-refractivity contribution in [2.45, 2.75) is 18.8 Å². The van der Waals surface area contributed by atoms with E-state index in [9.17, 15) is 9.18 Å². The number of hydrogen-bond acceptors (Lipinski definition) is 2. The molecule has 1 aliphatic heterocycles. The van der Waals surface area contributed by atoms with Crippen LogP contribution < -0.4 is 10.2 Å². The summed E-state index contributed by atoms with van der Waals surface area (Å²) in [7, 11) is 3.52. The lowest BCUT2D eigenvalue weighted by atomic mass is 9.87. The van der Waals surface area contributed by atoms with E-state index >= 15 is 0 Å². The summed E-state index contributed by atoms with van der Waals surface area (Å²) in [6, 6.07) is 5.04. The number of rotatable bonds is 3. The molecule has 0 fully saturated rings. The minimum atomic E-state index is -0.312. The van der Waals surface area contributed by atoms with Crippen LogP contribution in [-0.2, 0) is 4.79 Å². The Bertz CT molecular complexity index is 433. The molecule has 0 spiro atoms. The Morgan fingerprint density at radius 1 is 1.53 bits per heavy atom. The number of para-hydroxylation sites is 1. The molecule has 0 bridgehead atoms. The molecule has 1 N–H and O–H groups in total. The van der Waals surface area contributed by atoms with E-state index in [0.29, 0.717) is 12.1 Å². The lowest BCUT2D eigenvalue weighted by Crippen LogP contribution is -2.34. The van der Waals surface area contributed by atoms with E-state index < -0.39 is 0 Å². The van der Waals surface area contributed by atoms with Crippen LogP contribution in [0.1, 0.15) is 24.3 Å². The van der Waals surface area contributed by atoms with E-state index in [1.165, 1.54) is 11.0 Å². The zero-order chi connectivity index (χ0) is 12.4. The third-order valence-corrected chi connectivity index (χ3v) is 3.33. The predicted molar refractivity (Wildman–Crippen MR) is 65.7 cm³/mol. The Kier molecular flexibility index (Phi) is 3.43. The molecule has 0 aliphatic carbocycles. The van der Waals surface area contributed by atoms with Crippen LogP contribution in [0.3, 0.4) is 0 Å². The summed E-state index contributed by atoms with van der Waals surface area (Å²) in [5.41, 5.74) is 1.40. The van der Waals surface area contributed by atoms with E-state index in [4.69, 9.17) is 0 Å². The summed E-state index contributed by atoms with van der Waals surface area (Å²) < 4.78 is 13.8. The van der Waals surface area contributed by atoms with Crippen molar-refractivity contribution < 1.29 is 9.18 Å². The quantitative estimate of drug-likeness (QED) is 0.869. The van der Waals surface area contributed by atoms with Crippen molar-refractivity contribution in [2.75, 3.05) is 25.5 Å². The Morgan fingerprint density at radius 3 is 3.00 bits per heavy atom. The van der Waals surface area contributed by atoms with Gasteiger partial charge in [0.05, 0.1) is 5.69 Å². The van der Waals surface area contributed by atoms with Crippen LogP contribution in [0.5, 0.6) is 0 Å². The molecule has 2 rings (SSSR count). The number of fused-ring (bicyclic) bond motifs is 1. The Hall–Kier alpha value is -1.42. The monoisotopic (exact) mass is 236 g/mol. The number of nitrogens with one attached hydrogen (secondary N) is 1. The second kappa shape index (κ2) is 4.84. The highest BCUT2D eigenvalue weighted by molar-refractivity contribution is 5.96. The van der Waals surface area contributed by atoms with E-state index in [0.717, 1.165) is 18.5 Å². The largest absolute Gasteiger partial charge is 0.320 e. The lowest BCUT2D eigenvalue weighted by molar-refractivity contribution is -0.119. The SMILES string of the molecule is CNCCC1CC(=O)N(C)c2c(F)cccc21. The first-order valence-electron chi connectivity index (χ1n) is 5.84. The smallest absolute Gasteiger partial charge is 0.227 e. The summed E-state index contributed by atoms with van der Waals surface area (Å²) in [6.45, 7) is 0.831. The van der Waals surface area contributed by atoms with Gasteiger partial charge in [0.15, 0.2) is 0 Å². The highest BCUT2D eigenvalue weighted by Gasteiger charge is 2.30. The molecule has 1 aromatic rings. The second-order valence-corrected chi connectivity index (χ2v) is 4.42. The van der Waals surface area contributed by atoms with Gasteiger partial charge in [0, 0.05) is 13.5 Å². The van der Waals surface area contributed by atoms with Crippen molar-refractivity contribution in [3.63, 3.8) is 0 Å². The Morgan fingerprint density at radius 2 is 2.29 bits per heavy atom. The average Bonchev–Trinajstić information content (AvgIpc) is 2.32. The van der Waals surface area contributed by atoms with Gasteiger partial charge < -0.3 is 10.2 Å². The predicted octanol–water partition coefficient (Wildman–Crippen LogP) is 1.89. The minimum Gasteiger partial charge on any atom is -0.320 e. The van der Waals surface area contributed by atoms with E-state index in [1.807, 2.05) is 13.1 Å². The number of benzene rings is 1. The van der Waals surface area contributed by atoms with Gasteiger partial charge in [-0.05, 0) is 37.6 Å². The summed E-state index contributed by atoms with van der Waals surface area (Å²) in [5.74, 6) is -0.201. The van der Waals surface area contributed by atoms with Crippen LogP contribution in [0.15, 0.2) is 18.2 Å². The summed E-state index contributed by atoms with van der Waals surface area (Å²) in [4.78, 5) is 13.3. The van der Waals surface area contributed by atoms with Crippen molar-refractivity contribution >= 4 is 11.6 Å². The number of carbonyl (C=O) groups is 1. The first-order valence-corrected chi connectivity index (χ1v) is 5.84. The number of nitrogens with zero attached hydrogens (tertiary/aromatic N) is 1. The Labute approximate surface area is 101 Å². The van der Waals surface area contributed by atoms with Crippen molar-refractivity contribution in [3.05, 3.63) is 29.6 Å². The summed E-state index contributed by atoms with van der Waals surface area (Å²) in [5, 5.41) is 3.07. The molecule has 4 heteroatoms. The molecule has 1 heterocycles. The third-order valence-electron chi connectivity index (χ3n) is 3.33.